The maximum atomic E-state index is 12.7. The number of rotatable bonds is 4. The molecule has 0 saturated carbocycles. The highest BCUT2D eigenvalue weighted by Crippen LogP contribution is 2.31. The number of H-pyrrole nitrogens is 1. The lowest BCUT2D eigenvalue weighted by molar-refractivity contribution is -0.148. The molecular formula is C12H10ClF4NO. The van der Waals surface area contributed by atoms with Crippen LogP contribution in [0.4, 0.5) is 17.6 Å². The number of halogens is 5. The number of hydrogen-bond donors (Lipinski definition) is 1. The first-order valence-electron chi connectivity index (χ1n) is 5.37. The molecular weight excluding hydrogens is 286 g/mol. The Balaban J connectivity index is 2.23. The molecule has 0 amide bonds. The largest absolute Gasteiger partial charge is 0.487 e. The van der Waals surface area contributed by atoms with Crippen molar-refractivity contribution in [3.05, 3.63) is 28.9 Å². The van der Waals surface area contributed by atoms with E-state index in [2.05, 4.69) is 4.98 Å². The second kappa shape index (κ2) is 4.92. The molecule has 1 aromatic carbocycles. The number of benzene rings is 1. The number of aryl methyl sites for hydroxylation is 1. The van der Waals surface area contributed by atoms with Crippen LogP contribution in [0.15, 0.2) is 18.3 Å². The number of alkyl halides is 4. The summed E-state index contributed by atoms with van der Waals surface area (Å²) in [6, 6.07) is 2.92. The third-order valence-electron chi connectivity index (χ3n) is 2.65. The highest BCUT2D eigenvalue weighted by atomic mass is 35.5. The van der Waals surface area contributed by atoms with Gasteiger partial charge in [-0.1, -0.05) is 11.6 Å². The van der Waals surface area contributed by atoms with Crippen molar-refractivity contribution in [2.45, 2.75) is 19.3 Å². The number of nitrogens with one attached hydrogen (secondary N) is 1. The van der Waals surface area contributed by atoms with E-state index in [1.807, 2.05) is 0 Å². The zero-order valence-corrected chi connectivity index (χ0v) is 10.6. The van der Waals surface area contributed by atoms with Crippen LogP contribution in [0.2, 0.25) is 5.02 Å². The van der Waals surface area contributed by atoms with Crippen molar-refractivity contribution in [1.29, 1.82) is 0 Å². The van der Waals surface area contributed by atoms with Crippen molar-refractivity contribution in [3.63, 3.8) is 0 Å². The number of hydrogen-bond acceptors (Lipinski definition) is 1. The normalized spacial score (nSPS) is 12.4. The lowest BCUT2D eigenvalue weighted by atomic mass is 10.1. The molecule has 0 atom stereocenters. The van der Waals surface area contributed by atoms with Crippen LogP contribution in [-0.2, 0) is 0 Å². The minimum atomic E-state index is -4.17. The highest BCUT2D eigenvalue weighted by Gasteiger charge is 2.41. The molecule has 0 aliphatic heterocycles. The molecule has 0 saturated heterocycles. The fourth-order valence-corrected chi connectivity index (χ4v) is 2.03. The van der Waals surface area contributed by atoms with E-state index < -0.39 is 19.0 Å². The first-order chi connectivity index (χ1) is 8.81. The van der Waals surface area contributed by atoms with Crippen molar-refractivity contribution in [2.75, 3.05) is 6.61 Å². The Hall–Kier alpha value is -1.43. The van der Waals surface area contributed by atoms with Crippen LogP contribution in [-0.4, -0.2) is 23.9 Å². The van der Waals surface area contributed by atoms with E-state index >= 15 is 0 Å². The van der Waals surface area contributed by atoms with Crippen molar-refractivity contribution >= 4 is 22.5 Å². The molecule has 1 aromatic heterocycles. The Labute approximate surface area is 111 Å². The summed E-state index contributed by atoms with van der Waals surface area (Å²) in [5.41, 5.74) is 1.31. The van der Waals surface area contributed by atoms with Crippen molar-refractivity contribution in [3.8, 4) is 5.75 Å². The van der Waals surface area contributed by atoms with Crippen molar-refractivity contribution < 1.29 is 22.3 Å². The quantitative estimate of drug-likeness (QED) is 0.830. The van der Waals surface area contributed by atoms with Gasteiger partial charge in [0.05, 0.1) is 10.5 Å². The maximum absolute atomic E-state index is 12.7. The minimum Gasteiger partial charge on any atom is -0.487 e. The summed E-state index contributed by atoms with van der Waals surface area (Å²) in [5.74, 6) is -4.08. The van der Waals surface area contributed by atoms with E-state index in [1.165, 1.54) is 12.1 Å². The standard InChI is InChI=1S/C12H10ClF4NO/c1-6-2-7(19-5-12(16,17)11(14)15)3-9-10(6)8(13)4-18-9/h2-4,11,18H,5H2,1H3. The van der Waals surface area contributed by atoms with Crippen molar-refractivity contribution in [2.24, 2.45) is 0 Å². The van der Waals surface area contributed by atoms with Gasteiger partial charge in [0.2, 0.25) is 0 Å². The summed E-state index contributed by atoms with van der Waals surface area (Å²) >= 11 is 5.93. The molecule has 0 fully saturated rings. The highest BCUT2D eigenvalue weighted by molar-refractivity contribution is 6.35. The summed E-state index contributed by atoms with van der Waals surface area (Å²) in [6.07, 6.45) is -2.20. The Morgan fingerprint density at radius 2 is 2.05 bits per heavy atom. The summed E-state index contributed by atoms with van der Waals surface area (Å²) < 4.78 is 54.2. The Kier molecular flexibility index (Phi) is 3.62. The zero-order valence-electron chi connectivity index (χ0n) is 9.81. The van der Waals surface area contributed by atoms with Gasteiger partial charge in [0, 0.05) is 17.6 Å². The smallest absolute Gasteiger partial charge is 0.340 e. The molecule has 0 spiro atoms. The molecule has 1 heterocycles. The van der Waals surface area contributed by atoms with Crippen LogP contribution < -0.4 is 4.74 Å². The third kappa shape index (κ3) is 2.78. The monoisotopic (exact) mass is 295 g/mol. The summed E-state index contributed by atoms with van der Waals surface area (Å²) in [6.45, 7) is 0.351. The fourth-order valence-electron chi connectivity index (χ4n) is 1.72. The Bertz CT molecular complexity index is 597. The summed E-state index contributed by atoms with van der Waals surface area (Å²) in [5, 5.41) is 1.24. The van der Waals surface area contributed by atoms with Gasteiger partial charge in [-0.3, -0.25) is 0 Å². The van der Waals surface area contributed by atoms with E-state index in [0.717, 1.165) is 5.39 Å². The molecule has 19 heavy (non-hydrogen) atoms. The average Bonchev–Trinajstić information content (AvgIpc) is 2.69. The number of aromatic amines is 1. The third-order valence-corrected chi connectivity index (χ3v) is 2.95. The van der Waals surface area contributed by atoms with Crippen LogP contribution in [0, 0.1) is 6.92 Å². The topological polar surface area (TPSA) is 25.0 Å². The van der Waals surface area contributed by atoms with Gasteiger partial charge in [0.1, 0.15) is 5.75 Å². The van der Waals surface area contributed by atoms with Crippen LogP contribution in [0.5, 0.6) is 5.75 Å². The van der Waals surface area contributed by atoms with E-state index in [1.54, 1.807) is 13.1 Å². The predicted molar refractivity (Wildman–Crippen MR) is 64.5 cm³/mol. The summed E-state index contributed by atoms with van der Waals surface area (Å²) in [7, 11) is 0. The van der Waals surface area contributed by atoms with E-state index in [9.17, 15) is 17.6 Å². The van der Waals surface area contributed by atoms with E-state index in [0.29, 0.717) is 16.1 Å². The van der Waals surface area contributed by atoms with Gasteiger partial charge in [-0.2, -0.15) is 8.78 Å². The predicted octanol–water partition coefficient (Wildman–Crippen LogP) is 4.41. The fraction of sp³-hybridized carbons (Fsp3) is 0.333. The Morgan fingerprint density at radius 3 is 2.68 bits per heavy atom. The van der Waals surface area contributed by atoms with Gasteiger partial charge in [-0.15, -0.1) is 0 Å². The van der Waals surface area contributed by atoms with Gasteiger partial charge in [0.15, 0.2) is 6.61 Å². The van der Waals surface area contributed by atoms with E-state index in [-0.39, 0.29) is 5.75 Å². The van der Waals surface area contributed by atoms with Gasteiger partial charge in [0.25, 0.3) is 0 Å². The zero-order chi connectivity index (χ0) is 14.2. The van der Waals surface area contributed by atoms with E-state index in [4.69, 9.17) is 16.3 Å². The average molecular weight is 296 g/mol. The summed E-state index contributed by atoms with van der Waals surface area (Å²) in [4.78, 5) is 2.84. The molecule has 2 nitrogen and oxygen atoms in total. The first-order valence-corrected chi connectivity index (χ1v) is 5.75. The molecule has 0 aliphatic rings. The number of ether oxygens (including phenoxy) is 1. The molecule has 0 bridgehead atoms. The minimum absolute atomic E-state index is 0.0869. The van der Waals surface area contributed by atoms with Crippen LogP contribution in [0.1, 0.15) is 5.56 Å². The molecule has 1 N–H and O–H groups in total. The molecule has 2 aromatic rings. The molecule has 0 radical (unpaired) electrons. The van der Waals surface area contributed by atoms with Crippen LogP contribution in [0.3, 0.4) is 0 Å². The molecule has 104 valence electrons. The lowest BCUT2D eigenvalue weighted by Crippen LogP contribution is -2.33. The van der Waals surface area contributed by atoms with Crippen LogP contribution >= 0.6 is 11.6 Å². The van der Waals surface area contributed by atoms with Crippen molar-refractivity contribution in [1.82, 2.24) is 4.98 Å². The molecule has 2 rings (SSSR count). The van der Waals surface area contributed by atoms with Crippen LogP contribution in [0.25, 0.3) is 10.9 Å². The van der Waals surface area contributed by atoms with Gasteiger partial charge >= 0.3 is 12.3 Å². The molecule has 7 heteroatoms. The Morgan fingerprint density at radius 1 is 1.37 bits per heavy atom. The van der Waals surface area contributed by atoms with Gasteiger partial charge < -0.3 is 9.72 Å². The number of aromatic nitrogens is 1. The molecule has 0 aliphatic carbocycles. The lowest BCUT2D eigenvalue weighted by Gasteiger charge is -2.16. The second-order valence-electron chi connectivity index (χ2n) is 4.15. The van der Waals surface area contributed by atoms with Gasteiger partial charge in [-0.05, 0) is 18.6 Å². The molecule has 0 unspecified atom stereocenters. The van der Waals surface area contributed by atoms with Gasteiger partial charge in [-0.25, -0.2) is 8.78 Å². The number of fused-ring (bicyclic) bond motifs is 1. The first kappa shape index (κ1) is 14.0. The maximum Gasteiger partial charge on any atom is 0.340 e. The second-order valence-corrected chi connectivity index (χ2v) is 4.56. The SMILES string of the molecule is Cc1cc(OCC(F)(F)C(F)F)cc2[nH]cc(Cl)c12.